The fourth-order valence-electron chi connectivity index (χ4n) is 6.39. The van der Waals surface area contributed by atoms with Crippen LogP contribution in [-0.2, 0) is 0 Å². The van der Waals surface area contributed by atoms with Gasteiger partial charge in [0.2, 0.25) is 0 Å². The average Bonchev–Trinajstić information content (AvgIpc) is 2.91. The van der Waals surface area contributed by atoms with Gasteiger partial charge in [0.25, 0.3) is 0 Å². The molecule has 6 atom stereocenters. The van der Waals surface area contributed by atoms with Gasteiger partial charge in [0.05, 0.1) is 6.10 Å². The summed E-state index contributed by atoms with van der Waals surface area (Å²) in [4.78, 5) is 0. The van der Waals surface area contributed by atoms with E-state index in [2.05, 4.69) is 26.0 Å². The molecule has 0 heterocycles. The molecular formula is C20H30O. The molecule has 0 bridgehead atoms. The predicted molar refractivity (Wildman–Crippen MR) is 86.8 cm³/mol. The zero-order valence-electron chi connectivity index (χ0n) is 13.6. The van der Waals surface area contributed by atoms with Crippen molar-refractivity contribution in [3.05, 3.63) is 23.3 Å². The molecule has 0 aromatic rings. The van der Waals surface area contributed by atoms with E-state index in [1.54, 1.807) is 11.1 Å². The van der Waals surface area contributed by atoms with Gasteiger partial charge in [0.15, 0.2) is 0 Å². The molecule has 0 aromatic heterocycles. The summed E-state index contributed by atoms with van der Waals surface area (Å²) >= 11 is 0. The second-order valence-corrected chi connectivity index (χ2v) is 8.27. The molecule has 1 nitrogen and oxygen atoms in total. The number of hydrogen-bond donors (Lipinski definition) is 1. The molecule has 0 radical (unpaired) electrons. The summed E-state index contributed by atoms with van der Waals surface area (Å²) in [6.45, 7) is 4.86. The van der Waals surface area contributed by atoms with Gasteiger partial charge in [0, 0.05) is 0 Å². The number of rotatable bonds is 1. The first-order valence-electron chi connectivity index (χ1n) is 9.20. The van der Waals surface area contributed by atoms with Crippen LogP contribution >= 0.6 is 0 Å². The minimum atomic E-state index is -0.0722. The molecule has 0 aromatic carbocycles. The van der Waals surface area contributed by atoms with Crippen LogP contribution < -0.4 is 0 Å². The van der Waals surface area contributed by atoms with Gasteiger partial charge in [-0.05, 0) is 80.5 Å². The zero-order chi connectivity index (χ0) is 14.6. The van der Waals surface area contributed by atoms with Crippen LogP contribution in [-0.4, -0.2) is 11.2 Å². The molecule has 0 amide bonds. The molecule has 4 aliphatic carbocycles. The summed E-state index contributed by atoms with van der Waals surface area (Å²) in [5.74, 6) is 3.63. The van der Waals surface area contributed by atoms with Crippen molar-refractivity contribution in [1.82, 2.24) is 0 Å². The van der Waals surface area contributed by atoms with Gasteiger partial charge in [-0.25, -0.2) is 0 Å². The fraction of sp³-hybridized carbons (Fsp3) is 0.800. The van der Waals surface area contributed by atoms with Gasteiger partial charge >= 0.3 is 0 Å². The van der Waals surface area contributed by atoms with Crippen molar-refractivity contribution < 1.29 is 5.11 Å². The average molecular weight is 286 g/mol. The number of fused-ring (bicyclic) bond motifs is 5. The van der Waals surface area contributed by atoms with Gasteiger partial charge in [-0.3, -0.25) is 0 Å². The molecule has 0 spiro atoms. The van der Waals surface area contributed by atoms with Crippen molar-refractivity contribution in [3.8, 4) is 0 Å². The summed E-state index contributed by atoms with van der Waals surface area (Å²) in [5, 5.41) is 10.0. The third-order valence-electron chi connectivity index (χ3n) is 7.55. The van der Waals surface area contributed by atoms with E-state index >= 15 is 0 Å². The van der Waals surface area contributed by atoms with E-state index in [-0.39, 0.29) is 6.10 Å². The second-order valence-electron chi connectivity index (χ2n) is 8.27. The SMILES string of the molecule is CCC1=CCC2C1CCC1C2CC=C2CC(O)CCC21C. The molecule has 2 fully saturated rings. The maximum Gasteiger partial charge on any atom is 0.0577 e. The quantitative estimate of drug-likeness (QED) is 0.682. The molecule has 0 saturated heterocycles. The number of hydrogen-bond acceptors (Lipinski definition) is 1. The van der Waals surface area contributed by atoms with E-state index in [1.807, 2.05) is 0 Å². The molecule has 2 saturated carbocycles. The number of aliphatic hydroxyl groups excluding tert-OH is 1. The summed E-state index contributed by atoms with van der Waals surface area (Å²) in [6, 6.07) is 0. The van der Waals surface area contributed by atoms with Crippen LogP contribution in [0.15, 0.2) is 23.3 Å². The van der Waals surface area contributed by atoms with Crippen molar-refractivity contribution in [2.45, 2.75) is 71.3 Å². The molecule has 4 rings (SSSR count). The van der Waals surface area contributed by atoms with Crippen molar-refractivity contribution in [3.63, 3.8) is 0 Å². The first-order chi connectivity index (χ1) is 10.1. The highest BCUT2D eigenvalue weighted by atomic mass is 16.3. The fourth-order valence-corrected chi connectivity index (χ4v) is 6.39. The van der Waals surface area contributed by atoms with E-state index in [4.69, 9.17) is 0 Å². The van der Waals surface area contributed by atoms with Crippen LogP contribution in [0.4, 0.5) is 0 Å². The molecule has 0 aliphatic heterocycles. The highest BCUT2D eigenvalue weighted by molar-refractivity contribution is 5.27. The summed E-state index contributed by atoms with van der Waals surface area (Å²) in [7, 11) is 0. The Bertz CT molecular complexity index is 488. The van der Waals surface area contributed by atoms with E-state index < -0.39 is 0 Å². The largest absolute Gasteiger partial charge is 0.393 e. The van der Waals surface area contributed by atoms with Crippen LogP contribution in [0, 0.1) is 29.1 Å². The first kappa shape index (κ1) is 14.1. The Hall–Kier alpha value is -0.560. The highest BCUT2D eigenvalue weighted by Gasteiger charge is 2.52. The minimum Gasteiger partial charge on any atom is -0.393 e. The number of aliphatic hydroxyl groups is 1. The van der Waals surface area contributed by atoms with Gasteiger partial charge in [-0.15, -0.1) is 0 Å². The Morgan fingerprint density at radius 1 is 1.14 bits per heavy atom. The second kappa shape index (κ2) is 4.98. The Labute approximate surface area is 129 Å². The zero-order valence-corrected chi connectivity index (χ0v) is 13.6. The molecule has 4 aliphatic rings. The lowest BCUT2D eigenvalue weighted by Gasteiger charge is -2.55. The highest BCUT2D eigenvalue weighted by Crippen LogP contribution is 2.61. The normalized spacial score (nSPS) is 48.8. The van der Waals surface area contributed by atoms with Crippen molar-refractivity contribution in [1.29, 1.82) is 0 Å². The van der Waals surface area contributed by atoms with E-state index in [0.29, 0.717) is 5.41 Å². The molecule has 1 N–H and O–H groups in total. The lowest BCUT2D eigenvalue weighted by molar-refractivity contribution is -0.00279. The Morgan fingerprint density at radius 2 is 1.95 bits per heavy atom. The van der Waals surface area contributed by atoms with Crippen LogP contribution in [0.2, 0.25) is 0 Å². The number of allylic oxidation sites excluding steroid dienone is 3. The smallest absolute Gasteiger partial charge is 0.0577 e. The Balaban J connectivity index is 1.62. The lowest BCUT2D eigenvalue weighted by Crippen LogP contribution is -2.47. The third-order valence-corrected chi connectivity index (χ3v) is 7.55. The maximum atomic E-state index is 10.0. The molecule has 6 unspecified atom stereocenters. The topological polar surface area (TPSA) is 20.2 Å². The monoisotopic (exact) mass is 286 g/mol. The molecule has 116 valence electrons. The third kappa shape index (κ3) is 2.00. The van der Waals surface area contributed by atoms with E-state index in [0.717, 1.165) is 36.5 Å². The van der Waals surface area contributed by atoms with Crippen molar-refractivity contribution in [2.75, 3.05) is 0 Å². The Kier molecular flexibility index (Phi) is 3.33. The van der Waals surface area contributed by atoms with Crippen LogP contribution in [0.25, 0.3) is 0 Å². The molecule has 1 heteroatoms. The molecular weight excluding hydrogens is 256 g/mol. The predicted octanol–water partition coefficient (Wildman–Crippen LogP) is 4.87. The molecule has 21 heavy (non-hydrogen) atoms. The summed E-state index contributed by atoms with van der Waals surface area (Å²) in [6.07, 6.45) is 15.0. The maximum absolute atomic E-state index is 10.0. The first-order valence-corrected chi connectivity index (χ1v) is 9.20. The van der Waals surface area contributed by atoms with Gasteiger partial charge < -0.3 is 5.11 Å². The van der Waals surface area contributed by atoms with Gasteiger partial charge in [-0.2, -0.15) is 0 Å². The lowest BCUT2D eigenvalue weighted by atomic mass is 9.50. The summed E-state index contributed by atoms with van der Waals surface area (Å²) in [5.41, 5.74) is 3.77. The standard InChI is InChI=1S/C20H30O/c1-3-13-4-6-17-16(13)8-9-19-18(17)7-5-14-12-15(21)10-11-20(14,19)2/h4-5,15-19,21H,3,6-12H2,1-2H3. The summed E-state index contributed by atoms with van der Waals surface area (Å²) < 4.78 is 0. The van der Waals surface area contributed by atoms with Crippen LogP contribution in [0.1, 0.15) is 65.2 Å². The van der Waals surface area contributed by atoms with Crippen molar-refractivity contribution in [2.24, 2.45) is 29.1 Å². The van der Waals surface area contributed by atoms with Gasteiger partial charge in [-0.1, -0.05) is 37.1 Å². The van der Waals surface area contributed by atoms with E-state index in [1.165, 1.54) is 38.5 Å². The minimum absolute atomic E-state index is 0.0722. The van der Waals surface area contributed by atoms with Gasteiger partial charge in [0.1, 0.15) is 0 Å². The van der Waals surface area contributed by atoms with Crippen LogP contribution in [0.5, 0.6) is 0 Å². The van der Waals surface area contributed by atoms with Crippen LogP contribution in [0.3, 0.4) is 0 Å². The van der Waals surface area contributed by atoms with E-state index in [9.17, 15) is 5.11 Å². The Morgan fingerprint density at radius 3 is 2.76 bits per heavy atom. The van der Waals surface area contributed by atoms with Crippen molar-refractivity contribution >= 4 is 0 Å².